The second kappa shape index (κ2) is 11.0. The van der Waals surface area contributed by atoms with Gasteiger partial charge in [0.25, 0.3) is 5.91 Å². The molecule has 13 heteroatoms. The van der Waals surface area contributed by atoms with E-state index in [4.69, 9.17) is 26.1 Å². The molecule has 2 amide bonds. The second-order valence-corrected chi connectivity index (χ2v) is 13.6. The molecule has 2 fully saturated rings. The van der Waals surface area contributed by atoms with Crippen molar-refractivity contribution in [2.45, 2.75) is 64.3 Å². The van der Waals surface area contributed by atoms with Crippen molar-refractivity contribution in [3.63, 3.8) is 0 Å². The van der Waals surface area contributed by atoms with E-state index in [0.29, 0.717) is 6.54 Å². The smallest absolute Gasteiger partial charge is 0.410 e. The van der Waals surface area contributed by atoms with Crippen LogP contribution in [0.25, 0.3) is 11.3 Å². The number of hydrogen-bond acceptors (Lipinski definition) is 8. The molecule has 234 valence electrons. The molecule has 0 radical (unpaired) electrons. The first-order chi connectivity index (χ1) is 20.0. The van der Waals surface area contributed by atoms with Crippen LogP contribution in [0.15, 0.2) is 12.1 Å². The van der Waals surface area contributed by atoms with Crippen molar-refractivity contribution in [3.8, 4) is 22.8 Å². The lowest BCUT2D eigenvalue weighted by Crippen LogP contribution is -2.58. The minimum Gasteiger partial charge on any atom is -0.504 e. The molecule has 2 saturated heterocycles. The molecule has 0 spiro atoms. The fourth-order valence-corrected chi connectivity index (χ4v) is 6.28. The summed E-state index contributed by atoms with van der Waals surface area (Å²) in [7, 11) is 3.93. The van der Waals surface area contributed by atoms with Crippen molar-refractivity contribution >= 4 is 29.4 Å². The van der Waals surface area contributed by atoms with Gasteiger partial charge in [-0.15, -0.1) is 0 Å². The monoisotopic (exact) mass is 621 g/mol. The van der Waals surface area contributed by atoms with Gasteiger partial charge in [-0.2, -0.15) is 0 Å². The maximum atomic E-state index is 15.2. The quantitative estimate of drug-likeness (QED) is 0.524. The number of piperazine rings is 1. The summed E-state index contributed by atoms with van der Waals surface area (Å²) in [6, 6.07) is 1.27. The minimum absolute atomic E-state index is 0.0258. The number of ether oxygens (including phenoxy) is 2. The normalized spacial score (nSPS) is 21.8. The van der Waals surface area contributed by atoms with E-state index in [0.717, 1.165) is 18.6 Å². The van der Waals surface area contributed by atoms with Gasteiger partial charge in [0.2, 0.25) is 0 Å². The van der Waals surface area contributed by atoms with Gasteiger partial charge in [0.05, 0.1) is 11.6 Å². The molecule has 2 atom stereocenters. The summed E-state index contributed by atoms with van der Waals surface area (Å²) in [6.45, 7) is 10.5. The molecule has 1 aromatic heterocycles. The Balaban J connectivity index is 1.64. The molecule has 43 heavy (non-hydrogen) atoms. The first-order valence-electron chi connectivity index (χ1n) is 14.3. The Morgan fingerprint density at radius 3 is 2.47 bits per heavy atom. The van der Waals surface area contributed by atoms with Gasteiger partial charge in [0, 0.05) is 37.8 Å². The maximum absolute atomic E-state index is 15.2. The predicted molar refractivity (Wildman–Crippen MR) is 158 cm³/mol. The molecule has 4 heterocycles. The highest BCUT2D eigenvalue weighted by Gasteiger charge is 2.46. The molecule has 0 bridgehead atoms. The number of nitrogens with zero attached hydrogens (tertiary/aromatic N) is 5. The zero-order valence-corrected chi connectivity index (χ0v) is 26.3. The Morgan fingerprint density at radius 2 is 1.84 bits per heavy atom. The molecule has 0 saturated carbocycles. The zero-order valence-electron chi connectivity index (χ0n) is 25.5. The van der Waals surface area contributed by atoms with Gasteiger partial charge < -0.3 is 34.2 Å². The van der Waals surface area contributed by atoms with Crippen molar-refractivity contribution in [2.24, 2.45) is 0 Å². The van der Waals surface area contributed by atoms with E-state index < -0.39 is 52.1 Å². The van der Waals surface area contributed by atoms with Gasteiger partial charge in [-0.3, -0.25) is 4.79 Å². The first kappa shape index (κ1) is 31.1. The number of hydrogen-bond donors (Lipinski definition) is 1. The molecule has 1 aromatic carbocycles. The third-order valence-electron chi connectivity index (χ3n) is 8.26. The summed E-state index contributed by atoms with van der Waals surface area (Å²) < 4.78 is 41.4. The van der Waals surface area contributed by atoms with Crippen molar-refractivity contribution in [1.29, 1.82) is 0 Å². The number of fused-ring (bicyclic) bond motifs is 2. The number of rotatable bonds is 3. The largest absolute Gasteiger partial charge is 0.504 e. The number of aromatic hydroxyl groups is 1. The Labute approximate surface area is 255 Å². The summed E-state index contributed by atoms with van der Waals surface area (Å²) in [4.78, 5) is 39.1. The van der Waals surface area contributed by atoms with Crippen LogP contribution in [0.4, 0.5) is 19.4 Å². The second-order valence-electron chi connectivity index (χ2n) is 13.2. The van der Waals surface area contributed by atoms with E-state index in [1.807, 2.05) is 32.8 Å². The summed E-state index contributed by atoms with van der Waals surface area (Å²) >= 11 is 6.80. The standard InChI is InChI=1S/C30H38ClF2N5O5/c1-29(2,3)43-28(41)36-10-11-37-17(13-36)15-42-25-21(27(37)40)26(38-14-16(35(6)7)12-30(38,4)5)34-23(22(25)31)20-18(32)8-9-19(33)24(20)39/h8-9,16-17,39H,10-15H2,1-7H3/t16-,17?/m1/s1. The number of anilines is 1. The number of phenolic OH excluding ortho intramolecular Hbond substituents is 1. The molecule has 10 nitrogen and oxygen atoms in total. The third-order valence-corrected chi connectivity index (χ3v) is 8.62. The van der Waals surface area contributed by atoms with Crippen LogP contribution in [0, 0.1) is 11.6 Å². The average Bonchev–Trinajstić information content (AvgIpc) is 3.16. The number of amides is 2. The topological polar surface area (TPSA) is 98.7 Å². The lowest BCUT2D eigenvalue weighted by atomic mass is 9.99. The van der Waals surface area contributed by atoms with Crippen molar-refractivity contribution in [3.05, 3.63) is 34.4 Å². The lowest BCUT2D eigenvalue weighted by Gasteiger charge is -2.40. The number of pyridine rings is 1. The van der Waals surface area contributed by atoms with Gasteiger partial charge in [-0.1, -0.05) is 11.6 Å². The highest BCUT2D eigenvalue weighted by Crippen LogP contribution is 2.48. The lowest BCUT2D eigenvalue weighted by molar-refractivity contribution is 0.000952. The summed E-state index contributed by atoms with van der Waals surface area (Å²) in [5.41, 5.74) is -1.84. The number of phenols is 1. The van der Waals surface area contributed by atoms with Gasteiger partial charge in [-0.05, 0) is 67.3 Å². The SMILES string of the molecule is CN(C)[C@H]1CN(c2nc(-c3c(F)ccc(F)c3O)c(Cl)c3c2C(=O)N2CCN(C(=O)OC(C)(C)C)CC2CO3)C(C)(C)C1. The Bertz CT molecular complexity index is 1460. The Kier molecular flexibility index (Phi) is 7.92. The van der Waals surface area contributed by atoms with Gasteiger partial charge >= 0.3 is 6.09 Å². The summed E-state index contributed by atoms with van der Waals surface area (Å²) in [5, 5.41) is 10.3. The van der Waals surface area contributed by atoms with Crippen LogP contribution >= 0.6 is 11.6 Å². The minimum atomic E-state index is -1.05. The number of carbonyl (C=O) groups is 2. The fourth-order valence-electron chi connectivity index (χ4n) is 5.99. The number of likely N-dealkylation sites (N-methyl/N-ethyl adjacent to an activating group) is 1. The van der Waals surface area contributed by atoms with Gasteiger partial charge in [0.1, 0.15) is 40.1 Å². The van der Waals surface area contributed by atoms with E-state index in [2.05, 4.69) is 4.90 Å². The van der Waals surface area contributed by atoms with Crippen LogP contribution in [-0.4, -0.2) is 107 Å². The molecule has 3 aliphatic heterocycles. The van der Waals surface area contributed by atoms with Crippen molar-refractivity contribution in [1.82, 2.24) is 19.7 Å². The molecular weight excluding hydrogens is 584 g/mol. The fraction of sp³-hybridized carbons (Fsp3) is 0.567. The van der Waals surface area contributed by atoms with Crippen molar-refractivity contribution < 1.29 is 33.0 Å². The number of aromatic nitrogens is 1. The molecular formula is C30H38ClF2N5O5. The Morgan fingerprint density at radius 1 is 1.16 bits per heavy atom. The van der Waals surface area contributed by atoms with Gasteiger partial charge in [-0.25, -0.2) is 18.6 Å². The van der Waals surface area contributed by atoms with E-state index in [1.54, 1.807) is 25.7 Å². The number of benzene rings is 1. The van der Waals surface area contributed by atoms with Crippen LogP contribution in [-0.2, 0) is 4.74 Å². The van der Waals surface area contributed by atoms with Crippen LogP contribution in [0.2, 0.25) is 5.02 Å². The highest BCUT2D eigenvalue weighted by molar-refractivity contribution is 6.35. The van der Waals surface area contributed by atoms with Crippen LogP contribution < -0.4 is 9.64 Å². The van der Waals surface area contributed by atoms with Crippen LogP contribution in [0.3, 0.4) is 0 Å². The molecule has 3 aliphatic rings. The predicted octanol–water partition coefficient (Wildman–Crippen LogP) is 4.76. The number of carbonyl (C=O) groups excluding carboxylic acids is 2. The highest BCUT2D eigenvalue weighted by atomic mass is 35.5. The average molecular weight is 622 g/mol. The summed E-state index contributed by atoms with van der Waals surface area (Å²) in [5.74, 6) is -3.15. The summed E-state index contributed by atoms with van der Waals surface area (Å²) in [6.07, 6.45) is 0.245. The Hall–Kier alpha value is -3.38. The van der Waals surface area contributed by atoms with Crippen molar-refractivity contribution in [2.75, 3.05) is 51.8 Å². The van der Waals surface area contributed by atoms with E-state index in [9.17, 15) is 19.1 Å². The zero-order chi connectivity index (χ0) is 31.6. The molecule has 5 rings (SSSR count). The van der Waals surface area contributed by atoms with Gasteiger partial charge in [0.15, 0.2) is 17.3 Å². The van der Waals surface area contributed by atoms with Crippen LogP contribution in [0.5, 0.6) is 11.5 Å². The maximum Gasteiger partial charge on any atom is 0.410 e. The third kappa shape index (κ3) is 5.66. The number of halogens is 3. The molecule has 1 unspecified atom stereocenters. The van der Waals surface area contributed by atoms with E-state index in [-0.39, 0.29) is 60.1 Å². The molecule has 1 N–H and O–H groups in total. The van der Waals surface area contributed by atoms with E-state index >= 15 is 4.39 Å². The van der Waals surface area contributed by atoms with Crippen LogP contribution in [0.1, 0.15) is 51.4 Å². The first-order valence-corrected chi connectivity index (χ1v) is 14.6. The molecule has 0 aliphatic carbocycles. The molecule has 2 aromatic rings. The van der Waals surface area contributed by atoms with E-state index in [1.165, 1.54) is 4.90 Å².